The Morgan fingerprint density at radius 1 is 1.00 bits per heavy atom. The molecule has 1 unspecified atom stereocenters. The summed E-state index contributed by atoms with van der Waals surface area (Å²) < 4.78 is 29.1. The zero-order chi connectivity index (χ0) is 34.5. The topological polar surface area (TPSA) is 175 Å². The lowest BCUT2D eigenvalue weighted by Crippen LogP contribution is -2.42. The number of likely N-dealkylation sites (tertiary alicyclic amines) is 1. The van der Waals surface area contributed by atoms with Crippen molar-refractivity contribution in [2.45, 2.75) is 23.9 Å². The van der Waals surface area contributed by atoms with Crippen molar-refractivity contribution in [3.63, 3.8) is 0 Å². The number of amides is 2. The fourth-order valence-electron chi connectivity index (χ4n) is 5.71. The summed E-state index contributed by atoms with van der Waals surface area (Å²) >= 11 is 1.53. The Kier molecular flexibility index (Phi) is 9.66. The molecule has 15 heteroatoms. The van der Waals surface area contributed by atoms with Crippen LogP contribution < -0.4 is 14.9 Å². The van der Waals surface area contributed by atoms with Crippen molar-refractivity contribution in [3.8, 4) is 10.4 Å². The number of carbonyl (C=O) groups excluding carboxylic acids is 1. The lowest BCUT2D eigenvalue weighted by molar-refractivity contribution is -0.384. The minimum absolute atomic E-state index is 0.0571. The average Bonchev–Trinajstić information content (AvgIpc) is 3.79. The average molecular weight is 699 g/mol. The van der Waals surface area contributed by atoms with Crippen LogP contribution in [0.4, 0.5) is 27.5 Å². The summed E-state index contributed by atoms with van der Waals surface area (Å²) in [4.78, 5) is 42.3. The van der Waals surface area contributed by atoms with E-state index in [1.807, 2.05) is 29.6 Å². The summed E-state index contributed by atoms with van der Waals surface area (Å²) in [7, 11) is -4.08. The molecule has 1 fully saturated rings. The van der Waals surface area contributed by atoms with Crippen LogP contribution in [0.2, 0.25) is 0 Å². The van der Waals surface area contributed by atoms with Crippen LogP contribution >= 0.6 is 11.3 Å². The molecule has 250 valence electrons. The zero-order valence-electron chi connectivity index (χ0n) is 25.8. The molecule has 13 nitrogen and oxygen atoms in total. The van der Waals surface area contributed by atoms with Gasteiger partial charge in [0.1, 0.15) is 0 Å². The third-order valence-corrected chi connectivity index (χ3v) is 10.8. The highest BCUT2D eigenvalue weighted by Crippen LogP contribution is 2.33. The first-order valence-electron chi connectivity index (χ1n) is 15.1. The normalized spacial score (nSPS) is 14.7. The lowest BCUT2D eigenvalue weighted by atomic mass is 10.1. The maximum Gasteiger partial charge on any atom is 0.409 e. The van der Waals surface area contributed by atoms with E-state index in [1.165, 1.54) is 46.1 Å². The summed E-state index contributed by atoms with van der Waals surface area (Å²) in [6.45, 7) is 1.54. The number of nitro groups is 1. The minimum Gasteiger partial charge on any atom is -0.465 e. The zero-order valence-corrected chi connectivity index (χ0v) is 27.4. The Labute approximate surface area is 285 Å². The third-order valence-electron chi connectivity index (χ3n) is 8.02. The quantitative estimate of drug-likeness (QED) is 0.102. The smallest absolute Gasteiger partial charge is 0.409 e. The number of pyridine rings is 1. The second-order valence-corrected chi connectivity index (χ2v) is 14.0. The van der Waals surface area contributed by atoms with Gasteiger partial charge in [-0.1, -0.05) is 24.3 Å². The molecule has 1 aliphatic rings. The molecule has 0 bridgehead atoms. The number of anilines is 3. The van der Waals surface area contributed by atoms with Crippen LogP contribution in [-0.2, 0) is 16.6 Å². The number of nitrogens with zero attached hydrogens (tertiary/aromatic N) is 4. The van der Waals surface area contributed by atoms with Crippen molar-refractivity contribution in [3.05, 3.63) is 130 Å². The molecule has 6 rings (SSSR count). The van der Waals surface area contributed by atoms with Gasteiger partial charge in [0.2, 0.25) is 0 Å². The van der Waals surface area contributed by atoms with Gasteiger partial charge in [0.15, 0.2) is 0 Å². The predicted molar refractivity (Wildman–Crippen MR) is 186 cm³/mol. The van der Waals surface area contributed by atoms with Gasteiger partial charge in [-0.05, 0) is 77.5 Å². The summed E-state index contributed by atoms with van der Waals surface area (Å²) in [6, 6.07) is 23.7. The molecule has 0 saturated carbocycles. The van der Waals surface area contributed by atoms with Gasteiger partial charge in [-0.25, -0.2) is 13.2 Å². The van der Waals surface area contributed by atoms with E-state index in [2.05, 4.69) is 20.5 Å². The molecule has 1 aliphatic heterocycles. The van der Waals surface area contributed by atoms with Gasteiger partial charge >= 0.3 is 6.09 Å². The SMILES string of the molecule is O=C(O)Nc1ccc(-c2cccs2)cc1NC(=O)c1ccc(CN2CCC(N(c3cccnc3)S(=O)(=O)c3ccc([N+](=O)[O-])cc3)C2)cc1. The standard InChI is InChI=1S/C34H30N6O7S2/c41-33(36-31-19-25(32-4-2-18-48-32)9-14-30(31)37-34(42)43)24-7-5-23(6-8-24)21-38-17-15-28(22-38)39(27-3-1-16-35-20-27)49(46,47)29-12-10-26(11-13-29)40(44)45/h1-14,16,18-20,28,37H,15,17,21-22H2,(H,36,41)(H,42,43). The number of hydrogen-bond donors (Lipinski definition) is 3. The van der Waals surface area contributed by atoms with Crippen LogP contribution in [0.1, 0.15) is 22.3 Å². The van der Waals surface area contributed by atoms with E-state index in [-0.39, 0.29) is 16.3 Å². The van der Waals surface area contributed by atoms with E-state index in [0.29, 0.717) is 43.0 Å². The van der Waals surface area contributed by atoms with Gasteiger partial charge in [-0.3, -0.25) is 34.4 Å². The molecule has 0 spiro atoms. The van der Waals surface area contributed by atoms with E-state index >= 15 is 0 Å². The summed E-state index contributed by atoms with van der Waals surface area (Å²) in [6.07, 6.45) is 2.33. The number of rotatable bonds is 11. The number of carbonyl (C=O) groups is 2. The summed E-state index contributed by atoms with van der Waals surface area (Å²) in [5.74, 6) is -0.409. The Bertz CT molecular complexity index is 2080. The number of nitrogens with one attached hydrogen (secondary N) is 2. The van der Waals surface area contributed by atoms with Crippen LogP contribution in [0.5, 0.6) is 0 Å². The van der Waals surface area contributed by atoms with Crippen molar-refractivity contribution in [1.29, 1.82) is 0 Å². The second kappa shape index (κ2) is 14.2. The number of nitro benzene ring substituents is 1. The predicted octanol–water partition coefficient (Wildman–Crippen LogP) is 6.53. The van der Waals surface area contributed by atoms with Crippen LogP contribution in [0.25, 0.3) is 10.4 Å². The number of aromatic nitrogens is 1. The van der Waals surface area contributed by atoms with E-state index < -0.39 is 33.0 Å². The maximum atomic E-state index is 13.9. The lowest BCUT2D eigenvalue weighted by Gasteiger charge is -2.30. The fraction of sp³-hybridized carbons (Fsp3) is 0.147. The van der Waals surface area contributed by atoms with Gasteiger partial charge in [-0.15, -0.1) is 11.3 Å². The molecule has 1 saturated heterocycles. The van der Waals surface area contributed by atoms with Gasteiger partial charge in [0, 0.05) is 48.4 Å². The number of non-ortho nitro benzene ring substituents is 1. The Hall–Kier alpha value is -5.64. The molecule has 0 aliphatic carbocycles. The van der Waals surface area contributed by atoms with Gasteiger partial charge in [0.05, 0.1) is 39.1 Å². The molecule has 1 atom stereocenters. The van der Waals surface area contributed by atoms with E-state index in [9.17, 15) is 33.2 Å². The molecule has 3 aromatic carbocycles. The Balaban J connectivity index is 1.15. The van der Waals surface area contributed by atoms with E-state index in [1.54, 1.807) is 48.7 Å². The number of sulfonamides is 1. The molecule has 3 heterocycles. The molecule has 2 amide bonds. The molecule has 3 N–H and O–H groups in total. The number of benzene rings is 3. The highest BCUT2D eigenvalue weighted by molar-refractivity contribution is 7.92. The number of hydrogen-bond acceptors (Lipinski definition) is 9. The highest BCUT2D eigenvalue weighted by atomic mass is 32.2. The van der Waals surface area contributed by atoms with E-state index in [4.69, 9.17) is 0 Å². The summed E-state index contributed by atoms with van der Waals surface area (Å²) in [5, 5.41) is 27.5. The van der Waals surface area contributed by atoms with Gasteiger partial charge < -0.3 is 10.4 Å². The molecule has 49 heavy (non-hydrogen) atoms. The summed E-state index contributed by atoms with van der Waals surface area (Å²) in [5.41, 5.74) is 2.89. The maximum absolute atomic E-state index is 13.9. The van der Waals surface area contributed by atoms with Crippen molar-refractivity contribution < 1.29 is 28.0 Å². The largest absolute Gasteiger partial charge is 0.465 e. The number of carboxylic acid groups (broad SMARTS) is 1. The Morgan fingerprint density at radius 2 is 1.78 bits per heavy atom. The third kappa shape index (κ3) is 7.59. The van der Waals surface area contributed by atoms with Crippen molar-refractivity contribution in [1.82, 2.24) is 9.88 Å². The molecule has 2 aromatic heterocycles. The second-order valence-electron chi connectivity index (χ2n) is 11.3. The van der Waals surface area contributed by atoms with Crippen LogP contribution in [-0.4, -0.2) is 59.5 Å². The molecule has 5 aromatic rings. The van der Waals surface area contributed by atoms with Gasteiger partial charge in [-0.2, -0.15) is 0 Å². The molecular weight excluding hydrogens is 669 g/mol. The van der Waals surface area contributed by atoms with E-state index in [0.717, 1.165) is 16.0 Å². The first-order valence-corrected chi connectivity index (χ1v) is 17.4. The van der Waals surface area contributed by atoms with Crippen LogP contribution in [0.15, 0.2) is 114 Å². The monoisotopic (exact) mass is 698 g/mol. The Morgan fingerprint density at radius 3 is 2.43 bits per heavy atom. The van der Waals surface area contributed by atoms with Gasteiger partial charge in [0.25, 0.3) is 21.6 Å². The molecular formula is C34H30N6O7S2. The van der Waals surface area contributed by atoms with Crippen LogP contribution in [0.3, 0.4) is 0 Å². The minimum atomic E-state index is -4.08. The highest BCUT2D eigenvalue weighted by Gasteiger charge is 2.36. The molecule has 0 radical (unpaired) electrons. The van der Waals surface area contributed by atoms with Crippen LogP contribution in [0, 0.1) is 10.1 Å². The number of thiophene rings is 1. The fourth-order valence-corrected chi connectivity index (χ4v) is 8.09. The first-order chi connectivity index (χ1) is 23.6. The van der Waals surface area contributed by atoms with Crippen molar-refractivity contribution in [2.24, 2.45) is 0 Å². The van der Waals surface area contributed by atoms with Crippen molar-refractivity contribution in [2.75, 3.05) is 28.0 Å². The van der Waals surface area contributed by atoms with Crippen molar-refractivity contribution >= 4 is 56.1 Å². The first kappa shape index (κ1) is 33.3.